The van der Waals surface area contributed by atoms with Gasteiger partial charge in [0.1, 0.15) is 0 Å². The molecular weight excluding hydrogens is 250 g/mol. The minimum atomic E-state index is -3.26. The Morgan fingerprint density at radius 2 is 2.11 bits per heavy atom. The monoisotopic (exact) mass is 277 g/mol. The molecule has 1 heterocycles. The van der Waals surface area contributed by atoms with Crippen LogP contribution in [-0.4, -0.2) is 32.4 Å². The van der Waals surface area contributed by atoms with Crippen LogP contribution in [0.25, 0.3) is 0 Å². The van der Waals surface area contributed by atoms with Crippen molar-refractivity contribution in [1.82, 2.24) is 4.72 Å². The van der Waals surface area contributed by atoms with Crippen LogP contribution in [0.5, 0.6) is 0 Å². The molecule has 0 aromatic rings. The van der Waals surface area contributed by atoms with Crippen LogP contribution in [0.4, 0.5) is 0 Å². The Balaban J connectivity index is 2.57. The predicted molar refractivity (Wildman–Crippen MR) is 74.1 cm³/mol. The largest absolute Gasteiger partial charge is 0.377 e. The van der Waals surface area contributed by atoms with E-state index in [-0.39, 0.29) is 6.10 Å². The maximum Gasteiger partial charge on any atom is 0.217 e. The molecule has 0 saturated carbocycles. The van der Waals surface area contributed by atoms with Crippen LogP contribution in [0, 0.1) is 0 Å². The van der Waals surface area contributed by atoms with Gasteiger partial charge < -0.3 is 4.74 Å². The van der Waals surface area contributed by atoms with Crippen LogP contribution < -0.4 is 4.72 Å². The van der Waals surface area contributed by atoms with Crippen molar-refractivity contribution in [3.63, 3.8) is 0 Å². The molecule has 2 atom stereocenters. The Hall–Kier alpha value is -0.130. The van der Waals surface area contributed by atoms with E-state index in [1.165, 1.54) is 0 Å². The molecule has 108 valence electrons. The lowest BCUT2D eigenvalue weighted by Crippen LogP contribution is -2.45. The Kier molecular flexibility index (Phi) is 6.08. The second kappa shape index (κ2) is 6.87. The average Bonchev–Trinajstić information content (AvgIpc) is 2.86. The van der Waals surface area contributed by atoms with Gasteiger partial charge in [0.05, 0.1) is 10.9 Å². The highest BCUT2D eigenvalue weighted by atomic mass is 32.2. The summed E-state index contributed by atoms with van der Waals surface area (Å²) in [6.07, 6.45) is 5.40. The van der Waals surface area contributed by atoms with Gasteiger partial charge in [-0.1, -0.05) is 26.7 Å². The first-order valence-corrected chi connectivity index (χ1v) is 8.54. The van der Waals surface area contributed by atoms with Crippen molar-refractivity contribution in [2.24, 2.45) is 0 Å². The summed E-state index contributed by atoms with van der Waals surface area (Å²) in [6, 6.07) is 0. The van der Waals surface area contributed by atoms with Gasteiger partial charge in [0, 0.05) is 13.2 Å². The summed E-state index contributed by atoms with van der Waals surface area (Å²) >= 11 is 0. The summed E-state index contributed by atoms with van der Waals surface area (Å²) in [6.45, 7) is 7.06. The highest BCUT2D eigenvalue weighted by Crippen LogP contribution is 2.27. The number of unbranched alkanes of at least 4 members (excludes halogenated alkanes) is 1. The zero-order valence-corrected chi connectivity index (χ0v) is 12.7. The molecule has 5 heteroatoms. The van der Waals surface area contributed by atoms with Crippen molar-refractivity contribution in [1.29, 1.82) is 0 Å². The minimum Gasteiger partial charge on any atom is -0.377 e. The molecule has 0 aromatic carbocycles. The number of sulfonamides is 1. The molecular formula is C13H27NO3S. The number of hydrogen-bond donors (Lipinski definition) is 1. The van der Waals surface area contributed by atoms with E-state index in [4.69, 9.17) is 4.74 Å². The second-order valence-electron chi connectivity index (χ2n) is 5.39. The highest BCUT2D eigenvalue weighted by Gasteiger charge is 2.37. The van der Waals surface area contributed by atoms with Crippen LogP contribution in [0.2, 0.25) is 0 Å². The van der Waals surface area contributed by atoms with Gasteiger partial charge in [0.25, 0.3) is 0 Å². The lowest BCUT2D eigenvalue weighted by molar-refractivity contribution is 0.114. The van der Waals surface area contributed by atoms with Crippen molar-refractivity contribution >= 4 is 10.0 Å². The SMILES string of the molecule is CCCCC(C)(CC)S(=O)(=O)NCC1CCCO1. The van der Waals surface area contributed by atoms with Gasteiger partial charge >= 0.3 is 0 Å². The number of rotatable bonds is 8. The quantitative estimate of drug-likeness (QED) is 0.741. The van der Waals surface area contributed by atoms with Gasteiger partial charge in [-0.15, -0.1) is 0 Å². The third-order valence-electron chi connectivity index (χ3n) is 3.98. The fraction of sp³-hybridized carbons (Fsp3) is 1.00. The second-order valence-corrected chi connectivity index (χ2v) is 7.68. The van der Waals surface area contributed by atoms with Crippen LogP contribution in [-0.2, 0) is 14.8 Å². The highest BCUT2D eigenvalue weighted by molar-refractivity contribution is 7.90. The third-order valence-corrected chi connectivity index (χ3v) is 6.32. The predicted octanol–water partition coefficient (Wildman–Crippen LogP) is 2.44. The van der Waals surface area contributed by atoms with E-state index in [0.717, 1.165) is 38.7 Å². The first kappa shape index (κ1) is 15.9. The van der Waals surface area contributed by atoms with Crippen LogP contribution in [0.15, 0.2) is 0 Å². The van der Waals surface area contributed by atoms with E-state index in [0.29, 0.717) is 13.0 Å². The van der Waals surface area contributed by atoms with Crippen molar-refractivity contribution in [2.75, 3.05) is 13.2 Å². The molecule has 0 aromatic heterocycles. The van der Waals surface area contributed by atoms with E-state index >= 15 is 0 Å². The Morgan fingerprint density at radius 1 is 1.39 bits per heavy atom. The van der Waals surface area contributed by atoms with E-state index in [1.807, 2.05) is 13.8 Å². The molecule has 4 nitrogen and oxygen atoms in total. The molecule has 2 unspecified atom stereocenters. The lowest BCUT2D eigenvalue weighted by atomic mass is 10.0. The first-order valence-electron chi connectivity index (χ1n) is 7.06. The fourth-order valence-electron chi connectivity index (χ4n) is 2.23. The van der Waals surface area contributed by atoms with E-state index in [1.54, 1.807) is 0 Å². The fourth-order valence-corrected chi connectivity index (χ4v) is 3.78. The summed E-state index contributed by atoms with van der Waals surface area (Å²) < 4.78 is 32.3. The van der Waals surface area contributed by atoms with Crippen molar-refractivity contribution < 1.29 is 13.2 Å². The molecule has 0 amide bonds. The van der Waals surface area contributed by atoms with Crippen LogP contribution in [0.3, 0.4) is 0 Å². The lowest BCUT2D eigenvalue weighted by Gasteiger charge is -2.28. The molecule has 1 fully saturated rings. The topological polar surface area (TPSA) is 55.4 Å². The summed E-state index contributed by atoms with van der Waals surface area (Å²) in [5.41, 5.74) is 0. The molecule has 0 radical (unpaired) electrons. The summed E-state index contributed by atoms with van der Waals surface area (Å²) in [7, 11) is -3.26. The van der Waals surface area contributed by atoms with Crippen LogP contribution in [0.1, 0.15) is 59.3 Å². The standard InChI is InChI=1S/C13H27NO3S/c1-4-6-9-13(3,5-2)18(15,16)14-11-12-8-7-10-17-12/h12,14H,4-11H2,1-3H3. The molecule has 1 N–H and O–H groups in total. The zero-order valence-electron chi connectivity index (χ0n) is 11.9. The zero-order chi connectivity index (χ0) is 13.6. The summed E-state index contributed by atoms with van der Waals surface area (Å²) in [5.74, 6) is 0. The van der Waals surface area contributed by atoms with Gasteiger partial charge in [-0.2, -0.15) is 0 Å². The van der Waals surface area contributed by atoms with Crippen molar-refractivity contribution in [3.8, 4) is 0 Å². The molecule has 1 aliphatic heterocycles. The molecule has 0 aliphatic carbocycles. The summed E-state index contributed by atoms with van der Waals surface area (Å²) in [4.78, 5) is 0. The van der Waals surface area contributed by atoms with Gasteiger partial charge in [-0.3, -0.25) is 0 Å². The van der Waals surface area contributed by atoms with Crippen LogP contribution >= 0.6 is 0 Å². The molecule has 1 saturated heterocycles. The van der Waals surface area contributed by atoms with Crippen molar-refractivity contribution in [3.05, 3.63) is 0 Å². The smallest absolute Gasteiger partial charge is 0.217 e. The normalized spacial score (nSPS) is 24.1. The molecule has 0 bridgehead atoms. The first-order chi connectivity index (χ1) is 8.45. The van der Waals surface area contributed by atoms with E-state index in [2.05, 4.69) is 11.6 Å². The Labute approximate surface area is 112 Å². The number of nitrogens with one attached hydrogen (secondary N) is 1. The Morgan fingerprint density at radius 3 is 2.61 bits per heavy atom. The maximum absolute atomic E-state index is 12.4. The molecule has 0 spiro atoms. The van der Waals surface area contributed by atoms with Crippen molar-refractivity contribution in [2.45, 2.75) is 70.1 Å². The van der Waals surface area contributed by atoms with Gasteiger partial charge in [-0.05, 0) is 32.6 Å². The maximum atomic E-state index is 12.4. The van der Waals surface area contributed by atoms with E-state index in [9.17, 15) is 8.42 Å². The molecule has 1 aliphatic rings. The van der Waals surface area contributed by atoms with E-state index < -0.39 is 14.8 Å². The number of hydrogen-bond acceptors (Lipinski definition) is 3. The van der Waals surface area contributed by atoms with Gasteiger partial charge in [0.2, 0.25) is 10.0 Å². The summed E-state index contributed by atoms with van der Waals surface area (Å²) in [5, 5.41) is 0. The van der Waals surface area contributed by atoms with Gasteiger partial charge in [0.15, 0.2) is 0 Å². The average molecular weight is 277 g/mol. The van der Waals surface area contributed by atoms with Gasteiger partial charge in [-0.25, -0.2) is 13.1 Å². The Bertz CT molecular complexity index is 336. The third kappa shape index (κ3) is 3.93. The molecule has 1 rings (SSSR count). The minimum absolute atomic E-state index is 0.0621. The number of ether oxygens (including phenoxy) is 1. The molecule has 18 heavy (non-hydrogen) atoms.